The van der Waals surface area contributed by atoms with Crippen LogP contribution in [0.4, 0.5) is 0 Å². The van der Waals surface area contributed by atoms with E-state index in [-0.39, 0.29) is 38.9 Å². The standard InChI is InChI=1S/2H2N.2Pd/h2*1H2;;/q2*-1;;+2. The first-order chi connectivity index (χ1) is 1.41. The van der Waals surface area contributed by atoms with Crippen molar-refractivity contribution in [2.75, 3.05) is 0 Å². The monoisotopic (exact) mass is 244 g/mol. The van der Waals surface area contributed by atoms with Gasteiger partial charge in [-0.05, 0) is 0 Å². The molecule has 0 saturated carbocycles. The van der Waals surface area contributed by atoms with Crippen LogP contribution >= 0.6 is 0 Å². The fraction of sp³-hybridized carbons (Fsp3) is 0. The molecule has 0 saturated heterocycles. The van der Waals surface area contributed by atoms with Crippen LogP contribution in [-0.4, -0.2) is 0 Å². The van der Waals surface area contributed by atoms with Gasteiger partial charge in [-0.3, -0.25) is 0 Å². The van der Waals surface area contributed by atoms with Crippen molar-refractivity contribution in [2.24, 2.45) is 8.73 Å². The van der Waals surface area contributed by atoms with E-state index < -0.39 is 0 Å². The molecule has 4 heteroatoms. The molecule has 0 unspecified atom stereocenters. The van der Waals surface area contributed by atoms with Gasteiger partial charge in [0.1, 0.15) is 0 Å². The molecule has 0 aromatic heterocycles. The molecule has 0 heterocycles. The SMILES string of the molecule is [NH2][Pd][NH2].[Pd]. The molecule has 2 nitrogen and oxygen atoms in total. The average Bonchev–Trinajstić information content (AvgIpc) is 0.918. The van der Waals surface area contributed by atoms with Crippen LogP contribution in [0.25, 0.3) is 0 Å². The summed E-state index contributed by atoms with van der Waals surface area (Å²) in [5.41, 5.74) is 0. The van der Waals surface area contributed by atoms with Gasteiger partial charge in [0.15, 0.2) is 0 Å². The van der Waals surface area contributed by atoms with Crippen molar-refractivity contribution in [3.63, 3.8) is 0 Å². The molecule has 0 aliphatic carbocycles. The maximum atomic E-state index is 4.68. The average molecular weight is 245 g/mol. The van der Waals surface area contributed by atoms with E-state index in [2.05, 4.69) is 8.73 Å². The molecule has 0 rings (SSSR count). The molecule has 34 valence electrons. The normalized spacial score (nSPS) is 5.50. The zero-order valence-electron chi connectivity index (χ0n) is 1.79. The van der Waals surface area contributed by atoms with Gasteiger partial charge in [0.05, 0.1) is 0 Å². The van der Waals surface area contributed by atoms with Crippen molar-refractivity contribution in [1.82, 2.24) is 0 Å². The number of hydrogen-bond donors (Lipinski definition) is 2. The predicted octanol–water partition coefficient (Wildman–Crippen LogP) is -1.19. The largest absolute Gasteiger partial charge is 0 e. The van der Waals surface area contributed by atoms with E-state index in [9.17, 15) is 0 Å². The zero-order valence-corrected chi connectivity index (χ0v) is 4.90. The minimum atomic E-state index is -0.0500. The minimum Gasteiger partial charge on any atom is 0 e. The molecule has 0 aliphatic heterocycles. The van der Waals surface area contributed by atoms with Crippen LogP contribution in [0.5, 0.6) is 0 Å². The summed E-state index contributed by atoms with van der Waals surface area (Å²) in [6.07, 6.45) is 0. The summed E-state index contributed by atoms with van der Waals surface area (Å²) >= 11 is -0.0500. The Morgan fingerprint density at radius 2 is 1.25 bits per heavy atom. The molecule has 0 radical (unpaired) electrons. The van der Waals surface area contributed by atoms with E-state index in [0.717, 1.165) is 0 Å². The van der Waals surface area contributed by atoms with Crippen LogP contribution < -0.4 is 8.73 Å². The topological polar surface area (TPSA) is 52.0 Å². The Hall–Kier alpha value is 1.24. The molecule has 4 N–H and O–H groups in total. The number of hydrogen-bond acceptors (Lipinski definition) is 2. The molecule has 0 spiro atoms. The third-order valence-corrected chi connectivity index (χ3v) is 0. The predicted molar refractivity (Wildman–Crippen MR) is 8.37 cm³/mol. The molecule has 0 bridgehead atoms. The van der Waals surface area contributed by atoms with Crippen molar-refractivity contribution in [2.45, 2.75) is 0 Å². The Labute approximate surface area is 47.7 Å². The summed E-state index contributed by atoms with van der Waals surface area (Å²) in [6.45, 7) is 0. The van der Waals surface area contributed by atoms with Gasteiger partial charge in [0.2, 0.25) is 0 Å². The summed E-state index contributed by atoms with van der Waals surface area (Å²) in [5.74, 6) is 0. The maximum Gasteiger partial charge on any atom is 0 e. The summed E-state index contributed by atoms with van der Waals surface area (Å²) in [4.78, 5) is 0. The first kappa shape index (κ1) is 8.98. The van der Waals surface area contributed by atoms with Crippen LogP contribution in [-0.2, 0) is 38.9 Å². The van der Waals surface area contributed by atoms with Gasteiger partial charge in [-0.2, -0.15) is 0 Å². The van der Waals surface area contributed by atoms with Crippen molar-refractivity contribution in [1.29, 1.82) is 0 Å². The Bertz CT molecular complexity index is 4.00. The van der Waals surface area contributed by atoms with Gasteiger partial charge in [-0.1, -0.05) is 0 Å². The Kier molecular flexibility index (Phi) is 19.9. The van der Waals surface area contributed by atoms with E-state index in [1.54, 1.807) is 0 Å². The van der Waals surface area contributed by atoms with Gasteiger partial charge < -0.3 is 0 Å². The fourth-order valence-corrected chi connectivity index (χ4v) is 0. The fourth-order valence-electron chi connectivity index (χ4n) is 0. The van der Waals surface area contributed by atoms with Crippen molar-refractivity contribution in [3.8, 4) is 0 Å². The van der Waals surface area contributed by atoms with E-state index in [4.69, 9.17) is 0 Å². The van der Waals surface area contributed by atoms with Crippen molar-refractivity contribution < 1.29 is 38.9 Å². The van der Waals surface area contributed by atoms with E-state index in [1.165, 1.54) is 0 Å². The first-order valence-corrected chi connectivity index (χ1v) is 2.16. The summed E-state index contributed by atoms with van der Waals surface area (Å²) in [6, 6.07) is 0. The second-order valence-electron chi connectivity index (χ2n) is 0.105. The van der Waals surface area contributed by atoms with Crippen LogP contribution in [0.3, 0.4) is 0 Å². The number of nitrogens with two attached hydrogens (primary N) is 2. The van der Waals surface area contributed by atoms with Crippen molar-refractivity contribution in [3.05, 3.63) is 0 Å². The van der Waals surface area contributed by atoms with Gasteiger partial charge >= 0.3 is 27.2 Å². The van der Waals surface area contributed by atoms with E-state index in [1.807, 2.05) is 0 Å². The van der Waals surface area contributed by atoms with E-state index in [0.29, 0.717) is 0 Å². The smallest absolute Gasteiger partial charge is 0 e. The molecular formula is H4N2Pd2. The second-order valence-corrected chi connectivity index (χ2v) is 0.624. The minimum absolute atomic E-state index is 0. The molecule has 0 aromatic rings. The van der Waals surface area contributed by atoms with Crippen LogP contribution in [0.1, 0.15) is 0 Å². The van der Waals surface area contributed by atoms with Gasteiger partial charge in [0.25, 0.3) is 0 Å². The molecule has 4 heavy (non-hydrogen) atoms. The van der Waals surface area contributed by atoms with E-state index >= 15 is 0 Å². The quantitative estimate of drug-likeness (QED) is 0.527. The van der Waals surface area contributed by atoms with Gasteiger partial charge in [0, 0.05) is 20.4 Å². The van der Waals surface area contributed by atoms with Crippen LogP contribution in [0.2, 0.25) is 0 Å². The van der Waals surface area contributed by atoms with Crippen LogP contribution in [0.15, 0.2) is 0 Å². The van der Waals surface area contributed by atoms with Gasteiger partial charge in [-0.25, -0.2) is 0 Å². The van der Waals surface area contributed by atoms with Crippen LogP contribution in [0, 0.1) is 0 Å². The van der Waals surface area contributed by atoms with Gasteiger partial charge in [-0.15, -0.1) is 0 Å². The zero-order chi connectivity index (χ0) is 2.71. The van der Waals surface area contributed by atoms with Crippen molar-refractivity contribution >= 4 is 0 Å². The Morgan fingerprint density at radius 3 is 1.25 bits per heavy atom. The third kappa shape index (κ3) is 10.6. The summed E-state index contributed by atoms with van der Waals surface area (Å²) in [5, 5.41) is 0. The molecule has 0 aliphatic rings. The number of rotatable bonds is 0. The molecule has 0 amide bonds. The Balaban J connectivity index is 0. The molecule has 0 atom stereocenters. The molecule has 0 fully saturated rings. The maximum absolute atomic E-state index is 4.68. The summed E-state index contributed by atoms with van der Waals surface area (Å²) < 4.78 is 9.35. The molecule has 0 aromatic carbocycles. The second kappa shape index (κ2) is 8.87. The Morgan fingerprint density at radius 1 is 1.25 bits per heavy atom. The molecular weight excluding hydrogens is 241 g/mol. The summed E-state index contributed by atoms with van der Waals surface area (Å²) in [7, 11) is 0. The third-order valence-electron chi connectivity index (χ3n) is 0. The first-order valence-electron chi connectivity index (χ1n) is 0.365.